The van der Waals surface area contributed by atoms with Crippen molar-refractivity contribution in [3.63, 3.8) is 0 Å². The van der Waals surface area contributed by atoms with Crippen LogP contribution in [0.25, 0.3) is 0 Å². The molecular weight excluding hydrogens is 329 g/mol. The minimum atomic E-state index is 0.227. The molecule has 2 aliphatic rings. The van der Waals surface area contributed by atoms with E-state index in [1.54, 1.807) is 0 Å². The second-order valence-electron chi connectivity index (χ2n) is 4.74. The number of likely N-dealkylation sites (tertiary alicyclic amines) is 1. The van der Waals surface area contributed by atoms with E-state index in [1.165, 1.54) is 9.26 Å². The highest BCUT2D eigenvalue weighted by atomic mass is 127. The Morgan fingerprint density at radius 1 is 1.12 bits per heavy atom. The average molecular weight is 345 g/mol. The predicted octanol–water partition coefficient (Wildman–Crippen LogP) is 2.12. The highest BCUT2D eigenvalue weighted by Gasteiger charge is 2.26. The Bertz CT molecular complexity index is 437. The highest BCUT2D eigenvalue weighted by molar-refractivity contribution is 14.1. The number of carbonyl (C=O) groups excluding carboxylic acids is 1. The lowest BCUT2D eigenvalue weighted by molar-refractivity contribution is 0.149. The molecule has 17 heavy (non-hydrogen) atoms. The molecule has 0 aliphatic carbocycles. The van der Waals surface area contributed by atoms with Gasteiger partial charge in [0, 0.05) is 41.6 Å². The molecular formula is C12H16IN3O. The van der Waals surface area contributed by atoms with Crippen LogP contribution in [0.1, 0.15) is 18.5 Å². The van der Waals surface area contributed by atoms with Crippen LogP contribution in [0.5, 0.6) is 0 Å². The number of hydrogen-bond donors (Lipinski definition) is 0. The third-order valence-electron chi connectivity index (χ3n) is 3.56. The van der Waals surface area contributed by atoms with Crippen molar-refractivity contribution in [2.75, 3.05) is 19.6 Å². The van der Waals surface area contributed by atoms with E-state index < -0.39 is 0 Å². The van der Waals surface area contributed by atoms with E-state index in [0.29, 0.717) is 0 Å². The molecule has 0 atom stereocenters. The fraction of sp³-hybridized carbons (Fsp3) is 0.583. The molecule has 1 aromatic rings. The normalized spacial score (nSPS) is 19.6. The fourth-order valence-corrected chi connectivity index (χ4v) is 3.33. The van der Waals surface area contributed by atoms with E-state index in [0.717, 1.165) is 45.6 Å². The summed E-state index contributed by atoms with van der Waals surface area (Å²) in [6, 6.07) is 2.40. The SMILES string of the molecule is O=C(N1CCCC1)N1CCn2cc(I)cc2C1. The molecule has 2 amide bonds. The molecule has 1 aromatic heterocycles. The molecule has 0 N–H and O–H groups in total. The first-order chi connectivity index (χ1) is 8.24. The highest BCUT2D eigenvalue weighted by Crippen LogP contribution is 2.20. The summed E-state index contributed by atoms with van der Waals surface area (Å²) < 4.78 is 3.52. The van der Waals surface area contributed by atoms with Crippen LogP contribution in [0.3, 0.4) is 0 Å². The first-order valence-electron chi connectivity index (χ1n) is 6.12. The number of halogens is 1. The van der Waals surface area contributed by atoms with Crippen molar-refractivity contribution < 1.29 is 4.79 Å². The van der Waals surface area contributed by atoms with Crippen LogP contribution in [0.15, 0.2) is 12.3 Å². The molecule has 92 valence electrons. The van der Waals surface area contributed by atoms with Gasteiger partial charge < -0.3 is 14.4 Å². The lowest BCUT2D eigenvalue weighted by atomic mass is 10.3. The average Bonchev–Trinajstić information content (AvgIpc) is 2.94. The standard InChI is InChI=1S/C12H16IN3O/c13-10-7-11-9-16(6-5-15(11)8-10)12(17)14-3-1-2-4-14/h7-8H,1-6,9H2. The van der Waals surface area contributed by atoms with Crippen molar-refractivity contribution in [1.29, 1.82) is 0 Å². The van der Waals surface area contributed by atoms with Gasteiger partial charge in [-0.1, -0.05) is 0 Å². The second-order valence-corrected chi connectivity index (χ2v) is 5.99. The summed E-state index contributed by atoms with van der Waals surface area (Å²) in [5.74, 6) is 0. The van der Waals surface area contributed by atoms with Crippen LogP contribution >= 0.6 is 22.6 Å². The van der Waals surface area contributed by atoms with E-state index in [2.05, 4.69) is 39.4 Å². The van der Waals surface area contributed by atoms with Crippen LogP contribution in [-0.4, -0.2) is 40.0 Å². The molecule has 3 rings (SSSR count). The van der Waals surface area contributed by atoms with Crippen molar-refractivity contribution in [2.45, 2.75) is 25.9 Å². The number of amides is 2. The van der Waals surface area contributed by atoms with E-state index >= 15 is 0 Å². The number of nitrogens with zero attached hydrogens (tertiary/aromatic N) is 3. The lowest BCUT2D eigenvalue weighted by Crippen LogP contribution is -2.45. The van der Waals surface area contributed by atoms with Crippen molar-refractivity contribution in [3.05, 3.63) is 21.5 Å². The Morgan fingerprint density at radius 2 is 1.88 bits per heavy atom. The van der Waals surface area contributed by atoms with Crippen molar-refractivity contribution in [3.8, 4) is 0 Å². The van der Waals surface area contributed by atoms with Crippen LogP contribution in [0, 0.1) is 3.57 Å². The predicted molar refractivity (Wildman–Crippen MR) is 73.8 cm³/mol. The van der Waals surface area contributed by atoms with Gasteiger partial charge in [-0.2, -0.15) is 0 Å². The molecule has 4 nitrogen and oxygen atoms in total. The van der Waals surface area contributed by atoms with Gasteiger partial charge in [-0.3, -0.25) is 0 Å². The van der Waals surface area contributed by atoms with Crippen LogP contribution in [0.2, 0.25) is 0 Å². The monoisotopic (exact) mass is 345 g/mol. The van der Waals surface area contributed by atoms with Gasteiger partial charge in [0.05, 0.1) is 6.54 Å². The summed E-state index contributed by atoms with van der Waals surface area (Å²) in [5, 5.41) is 0. The summed E-state index contributed by atoms with van der Waals surface area (Å²) in [4.78, 5) is 16.2. The topological polar surface area (TPSA) is 28.5 Å². The van der Waals surface area contributed by atoms with Gasteiger partial charge in [-0.05, 0) is 41.5 Å². The van der Waals surface area contributed by atoms with E-state index in [-0.39, 0.29) is 6.03 Å². The molecule has 0 spiro atoms. The lowest BCUT2D eigenvalue weighted by Gasteiger charge is -2.32. The summed E-state index contributed by atoms with van der Waals surface area (Å²) in [6.45, 7) is 4.41. The zero-order valence-corrected chi connectivity index (χ0v) is 11.9. The molecule has 0 saturated carbocycles. The number of urea groups is 1. The number of fused-ring (bicyclic) bond motifs is 1. The number of carbonyl (C=O) groups is 1. The molecule has 0 radical (unpaired) electrons. The molecule has 3 heterocycles. The summed E-state index contributed by atoms with van der Waals surface area (Å²) >= 11 is 2.33. The second kappa shape index (κ2) is 4.51. The Labute approximate surface area is 115 Å². The van der Waals surface area contributed by atoms with Gasteiger partial charge in [-0.25, -0.2) is 4.79 Å². The molecule has 1 fully saturated rings. The Morgan fingerprint density at radius 3 is 2.65 bits per heavy atom. The smallest absolute Gasteiger partial charge is 0.320 e. The number of hydrogen-bond acceptors (Lipinski definition) is 1. The van der Waals surface area contributed by atoms with E-state index in [4.69, 9.17) is 0 Å². The summed E-state index contributed by atoms with van der Waals surface area (Å²) in [6.07, 6.45) is 4.48. The minimum absolute atomic E-state index is 0.227. The minimum Gasteiger partial charge on any atom is -0.347 e. The summed E-state index contributed by atoms with van der Waals surface area (Å²) in [7, 11) is 0. The maximum atomic E-state index is 12.3. The molecule has 2 aliphatic heterocycles. The van der Waals surface area contributed by atoms with Crippen molar-refractivity contribution >= 4 is 28.6 Å². The maximum Gasteiger partial charge on any atom is 0.320 e. The van der Waals surface area contributed by atoms with Gasteiger partial charge in [0.15, 0.2) is 0 Å². The zero-order chi connectivity index (χ0) is 11.8. The first kappa shape index (κ1) is 11.4. The molecule has 0 bridgehead atoms. The van der Waals surface area contributed by atoms with Crippen LogP contribution in [0.4, 0.5) is 4.79 Å². The maximum absolute atomic E-state index is 12.3. The quantitative estimate of drug-likeness (QED) is 0.662. The van der Waals surface area contributed by atoms with Crippen molar-refractivity contribution in [1.82, 2.24) is 14.4 Å². The Hall–Kier alpha value is -0.720. The third-order valence-corrected chi connectivity index (χ3v) is 4.15. The summed E-state index contributed by atoms with van der Waals surface area (Å²) in [5.41, 5.74) is 1.26. The van der Waals surface area contributed by atoms with Gasteiger partial charge in [-0.15, -0.1) is 0 Å². The van der Waals surface area contributed by atoms with E-state index in [1.807, 2.05) is 9.80 Å². The number of rotatable bonds is 0. The van der Waals surface area contributed by atoms with Gasteiger partial charge in [0.2, 0.25) is 0 Å². The van der Waals surface area contributed by atoms with Crippen molar-refractivity contribution in [2.24, 2.45) is 0 Å². The van der Waals surface area contributed by atoms with Gasteiger partial charge in [0.25, 0.3) is 0 Å². The van der Waals surface area contributed by atoms with E-state index in [9.17, 15) is 4.79 Å². The van der Waals surface area contributed by atoms with Gasteiger partial charge in [0.1, 0.15) is 0 Å². The molecule has 0 unspecified atom stereocenters. The van der Waals surface area contributed by atoms with Crippen LogP contribution in [-0.2, 0) is 13.1 Å². The molecule has 5 heteroatoms. The zero-order valence-electron chi connectivity index (χ0n) is 9.73. The largest absolute Gasteiger partial charge is 0.347 e. The van der Waals surface area contributed by atoms with Crippen LogP contribution < -0.4 is 0 Å². The van der Waals surface area contributed by atoms with Gasteiger partial charge >= 0.3 is 6.03 Å². The Balaban J connectivity index is 1.72. The molecule has 0 aromatic carbocycles. The first-order valence-corrected chi connectivity index (χ1v) is 7.20. The number of aromatic nitrogens is 1. The fourth-order valence-electron chi connectivity index (χ4n) is 2.63. The molecule has 1 saturated heterocycles. The third kappa shape index (κ3) is 2.17. The Kier molecular flexibility index (Phi) is 3.02.